The molecule has 1 aliphatic heterocycles. The Labute approximate surface area is 125 Å². The van der Waals surface area contributed by atoms with Crippen molar-refractivity contribution < 1.29 is 9.90 Å². The summed E-state index contributed by atoms with van der Waals surface area (Å²) in [6.45, 7) is 7.02. The Kier molecular flexibility index (Phi) is 4.96. The van der Waals surface area contributed by atoms with E-state index in [1.165, 1.54) is 0 Å². The van der Waals surface area contributed by atoms with Gasteiger partial charge in [0.2, 0.25) is 0 Å². The summed E-state index contributed by atoms with van der Waals surface area (Å²) in [6, 6.07) is 7.37. The van der Waals surface area contributed by atoms with Crippen molar-refractivity contribution in [3.8, 4) is 0 Å². The molecule has 0 bridgehead atoms. The minimum absolute atomic E-state index is 0.129. The second-order valence-corrected chi connectivity index (χ2v) is 5.78. The summed E-state index contributed by atoms with van der Waals surface area (Å²) in [6.07, 6.45) is 0.463. The molecule has 1 aromatic rings. The standard InChI is InChI=1S/C16H23N3O2/c1-11(2)15(20)10-17-16(21)13-4-6-14(7-5-13)19-9-8-12(3)18-19/h4-7,11,15,20H,8-10H2,1-3H3,(H,17,21). The van der Waals surface area contributed by atoms with Gasteiger partial charge in [-0.15, -0.1) is 0 Å². The van der Waals surface area contributed by atoms with Crippen LogP contribution in [0.15, 0.2) is 29.4 Å². The molecule has 0 aromatic heterocycles. The molecule has 5 heteroatoms. The molecule has 1 heterocycles. The molecule has 0 spiro atoms. The first-order valence-electron chi connectivity index (χ1n) is 7.35. The Morgan fingerprint density at radius 2 is 2.05 bits per heavy atom. The number of rotatable bonds is 5. The van der Waals surface area contributed by atoms with Gasteiger partial charge in [-0.25, -0.2) is 0 Å². The van der Waals surface area contributed by atoms with Crippen molar-refractivity contribution in [2.45, 2.75) is 33.3 Å². The van der Waals surface area contributed by atoms with Crippen molar-refractivity contribution in [2.75, 3.05) is 18.1 Å². The number of nitrogens with one attached hydrogen (secondary N) is 1. The number of hydrogen-bond donors (Lipinski definition) is 2. The Hall–Kier alpha value is -1.88. The largest absolute Gasteiger partial charge is 0.391 e. The highest BCUT2D eigenvalue weighted by Gasteiger charge is 2.14. The number of anilines is 1. The zero-order chi connectivity index (χ0) is 15.4. The SMILES string of the molecule is CC1=NN(c2ccc(C(=O)NCC(O)C(C)C)cc2)CC1. The summed E-state index contributed by atoms with van der Waals surface area (Å²) < 4.78 is 0. The maximum absolute atomic E-state index is 12.0. The molecule has 1 amide bonds. The molecule has 0 saturated carbocycles. The number of hydrogen-bond acceptors (Lipinski definition) is 4. The number of aliphatic hydroxyl groups is 1. The van der Waals surface area contributed by atoms with Gasteiger partial charge in [0, 0.05) is 30.8 Å². The van der Waals surface area contributed by atoms with Gasteiger partial charge in [0.25, 0.3) is 5.91 Å². The fourth-order valence-corrected chi connectivity index (χ4v) is 2.08. The highest BCUT2D eigenvalue weighted by Crippen LogP contribution is 2.19. The molecule has 1 aromatic carbocycles. The highest BCUT2D eigenvalue weighted by molar-refractivity contribution is 5.94. The number of amides is 1. The van der Waals surface area contributed by atoms with Crippen LogP contribution in [0.3, 0.4) is 0 Å². The Bertz CT molecular complexity index is 523. The molecule has 0 aliphatic carbocycles. The van der Waals surface area contributed by atoms with Gasteiger partial charge >= 0.3 is 0 Å². The number of nitrogens with zero attached hydrogens (tertiary/aromatic N) is 2. The van der Waals surface area contributed by atoms with E-state index in [2.05, 4.69) is 10.4 Å². The van der Waals surface area contributed by atoms with Gasteiger partial charge in [-0.1, -0.05) is 13.8 Å². The molecule has 2 N–H and O–H groups in total. The highest BCUT2D eigenvalue weighted by atomic mass is 16.3. The van der Waals surface area contributed by atoms with E-state index < -0.39 is 6.10 Å². The minimum Gasteiger partial charge on any atom is -0.391 e. The topological polar surface area (TPSA) is 64.9 Å². The van der Waals surface area contributed by atoms with Gasteiger partial charge in [0.15, 0.2) is 0 Å². The third-order valence-corrected chi connectivity index (χ3v) is 3.65. The van der Waals surface area contributed by atoms with Crippen molar-refractivity contribution >= 4 is 17.3 Å². The average molecular weight is 289 g/mol. The predicted molar refractivity (Wildman–Crippen MR) is 84.7 cm³/mol. The van der Waals surface area contributed by atoms with Crippen LogP contribution in [0.5, 0.6) is 0 Å². The summed E-state index contributed by atoms with van der Waals surface area (Å²) in [5, 5.41) is 18.8. The van der Waals surface area contributed by atoms with Gasteiger partial charge in [0.05, 0.1) is 11.8 Å². The van der Waals surface area contributed by atoms with E-state index in [1.54, 1.807) is 12.1 Å². The summed E-state index contributed by atoms with van der Waals surface area (Å²) in [5.41, 5.74) is 2.71. The summed E-state index contributed by atoms with van der Waals surface area (Å²) in [7, 11) is 0. The molecule has 114 valence electrons. The van der Waals surface area contributed by atoms with Crippen LogP contribution in [-0.2, 0) is 0 Å². The molecule has 1 unspecified atom stereocenters. The second-order valence-electron chi connectivity index (χ2n) is 5.78. The Morgan fingerprint density at radius 3 is 2.57 bits per heavy atom. The van der Waals surface area contributed by atoms with Gasteiger partial charge in [0.1, 0.15) is 0 Å². The molecule has 0 fully saturated rings. The van der Waals surface area contributed by atoms with Gasteiger partial charge in [-0.3, -0.25) is 9.80 Å². The fourth-order valence-electron chi connectivity index (χ4n) is 2.08. The van der Waals surface area contributed by atoms with E-state index in [4.69, 9.17) is 0 Å². The third-order valence-electron chi connectivity index (χ3n) is 3.65. The van der Waals surface area contributed by atoms with Gasteiger partial charge in [-0.05, 0) is 37.1 Å². The second kappa shape index (κ2) is 6.72. The van der Waals surface area contributed by atoms with Crippen LogP contribution in [0.1, 0.15) is 37.6 Å². The van der Waals surface area contributed by atoms with Crippen LogP contribution in [-0.4, -0.2) is 35.9 Å². The molecule has 1 aliphatic rings. The fraction of sp³-hybridized carbons (Fsp3) is 0.500. The number of aliphatic hydroxyl groups excluding tert-OH is 1. The lowest BCUT2D eigenvalue weighted by atomic mass is 10.1. The quantitative estimate of drug-likeness (QED) is 0.871. The molecular formula is C16H23N3O2. The Balaban J connectivity index is 1.94. The lowest BCUT2D eigenvalue weighted by Crippen LogP contribution is -2.34. The van der Waals surface area contributed by atoms with Crippen molar-refractivity contribution in [1.29, 1.82) is 0 Å². The van der Waals surface area contributed by atoms with Crippen LogP contribution in [0.25, 0.3) is 0 Å². The summed E-state index contributed by atoms with van der Waals surface area (Å²) in [4.78, 5) is 12.0. The molecule has 1 atom stereocenters. The number of carbonyl (C=O) groups excluding carboxylic acids is 1. The maximum Gasteiger partial charge on any atom is 0.251 e. The zero-order valence-corrected chi connectivity index (χ0v) is 12.8. The van der Waals surface area contributed by atoms with Crippen molar-refractivity contribution in [2.24, 2.45) is 11.0 Å². The van der Waals surface area contributed by atoms with E-state index in [0.29, 0.717) is 5.56 Å². The third kappa shape index (κ3) is 4.04. The van der Waals surface area contributed by atoms with E-state index in [0.717, 1.165) is 24.4 Å². The first kappa shape index (κ1) is 15.5. The predicted octanol–water partition coefficient (Wildman–Crippen LogP) is 2.02. The van der Waals surface area contributed by atoms with Crippen LogP contribution in [0, 0.1) is 5.92 Å². The lowest BCUT2D eigenvalue weighted by molar-refractivity contribution is 0.0871. The molecule has 5 nitrogen and oxygen atoms in total. The molecule has 2 rings (SSSR count). The van der Waals surface area contributed by atoms with Crippen LogP contribution >= 0.6 is 0 Å². The van der Waals surface area contributed by atoms with Gasteiger partial charge < -0.3 is 10.4 Å². The number of hydrazone groups is 1. The first-order valence-corrected chi connectivity index (χ1v) is 7.35. The van der Waals surface area contributed by atoms with Crippen molar-refractivity contribution in [1.82, 2.24) is 5.32 Å². The average Bonchev–Trinajstić information content (AvgIpc) is 2.91. The van der Waals surface area contributed by atoms with E-state index >= 15 is 0 Å². The number of benzene rings is 1. The normalized spacial score (nSPS) is 16.0. The van der Waals surface area contributed by atoms with Crippen LogP contribution in [0.2, 0.25) is 0 Å². The molecular weight excluding hydrogens is 266 g/mol. The summed E-state index contributed by atoms with van der Waals surface area (Å²) >= 11 is 0. The lowest BCUT2D eigenvalue weighted by Gasteiger charge is -2.16. The van der Waals surface area contributed by atoms with Crippen LogP contribution < -0.4 is 10.3 Å². The molecule has 0 radical (unpaired) electrons. The van der Waals surface area contributed by atoms with Gasteiger partial charge in [-0.2, -0.15) is 5.10 Å². The minimum atomic E-state index is -0.518. The smallest absolute Gasteiger partial charge is 0.251 e. The summed E-state index contributed by atoms with van der Waals surface area (Å²) in [5.74, 6) is -0.0358. The number of carbonyl (C=O) groups is 1. The van der Waals surface area contributed by atoms with Crippen molar-refractivity contribution in [3.63, 3.8) is 0 Å². The zero-order valence-electron chi connectivity index (χ0n) is 12.8. The Morgan fingerprint density at radius 1 is 1.38 bits per heavy atom. The molecule has 0 saturated heterocycles. The van der Waals surface area contributed by atoms with E-state index in [-0.39, 0.29) is 18.4 Å². The van der Waals surface area contributed by atoms with E-state index in [1.807, 2.05) is 37.9 Å². The van der Waals surface area contributed by atoms with Crippen LogP contribution in [0.4, 0.5) is 5.69 Å². The first-order chi connectivity index (χ1) is 9.97. The maximum atomic E-state index is 12.0. The van der Waals surface area contributed by atoms with E-state index in [9.17, 15) is 9.90 Å². The monoisotopic (exact) mass is 289 g/mol. The van der Waals surface area contributed by atoms with Crippen molar-refractivity contribution in [3.05, 3.63) is 29.8 Å². The molecule has 21 heavy (non-hydrogen) atoms.